The van der Waals surface area contributed by atoms with Crippen molar-refractivity contribution in [3.63, 3.8) is 0 Å². The van der Waals surface area contributed by atoms with E-state index in [1.54, 1.807) is 49.1 Å². The van der Waals surface area contributed by atoms with Gasteiger partial charge in [-0.15, -0.1) is 0 Å². The molecule has 4 N–H and O–H groups in total. The van der Waals surface area contributed by atoms with Crippen LogP contribution < -0.4 is 0 Å². The number of epoxide rings is 1. The van der Waals surface area contributed by atoms with E-state index in [9.17, 15) is 30.0 Å². The molecule has 3 rings (SSSR count). The Morgan fingerprint density at radius 1 is 1.27 bits per heavy atom. The van der Waals surface area contributed by atoms with Crippen molar-refractivity contribution >= 4 is 12.1 Å². The number of aliphatic hydroxyl groups excluding tert-OH is 2. The van der Waals surface area contributed by atoms with Gasteiger partial charge in [0.05, 0.1) is 36.4 Å². The van der Waals surface area contributed by atoms with Crippen LogP contribution in [0.4, 0.5) is 4.79 Å². The van der Waals surface area contributed by atoms with Crippen molar-refractivity contribution in [1.29, 1.82) is 0 Å². The highest BCUT2D eigenvalue weighted by atomic mass is 16.6. The van der Waals surface area contributed by atoms with Crippen molar-refractivity contribution in [2.75, 3.05) is 33.2 Å². The van der Waals surface area contributed by atoms with Gasteiger partial charge in [0.1, 0.15) is 11.7 Å². The molecule has 0 spiro atoms. The number of cyclic esters (lactones) is 1. The summed E-state index contributed by atoms with van der Waals surface area (Å²) in [6, 6.07) is 0. The maximum Gasteiger partial charge on any atom is 0.410 e. The molecule has 45 heavy (non-hydrogen) atoms. The van der Waals surface area contributed by atoms with Gasteiger partial charge in [0.2, 0.25) is 0 Å². The van der Waals surface area contributed by atoms with E-state index in [4.69, 9.17) is 14.2 Å². The zero-order valence-electron chi connectivity index (χ0n) is 28.1. The molecule has 0 aromatic carbocycles. The van der Waals surface area contributed by atoms with Crippen LogP contribution >= 0.6 is 0 Å². The maximum absolute atomic E-state index is 13.0. The van der Waals surface area contributed by atoms with Crippen molar-refractivity contribution in [3.8, 4) is 0 Å². The lowest BCUT2D eigenvalue weighted by atomic mass is 9.88. The molecule has 3 aliphatic heterocycles. The van der Waals surface area contributed by atoms with Gasteiger partial charge in [-0.2, -0.15) is 0 Å². The number of likely N-dealkylation sites (N-methyl/N-ethyl adjacent to an activating group) is 1. The number of amides is 1. The summed E-state index contributed by atoms with van der Waals surface area (Å²) in [6.07, 6.45) is 5.71. The van der Waals surface area contributed by atoms with Crippen molar-refractivity contribution in [2.45, 2.75) is 121 Å². The number of hydrogen-bond acceptors (Lipinski definition) is 10. The van der Waals surface area contributed by atoms with Crippen LogP contribution in [0.5, 0.6) is 0 Å². The van der Waals surface area contributed by atoms with E-state index >= 15 is 0 Å². The second-order valence-electron chi connectivity index (χ2n) is 13.8. The topological polar surface area (TPSA) is 153 Å². The number of carbonyl (C=O) groups excluding carboxylic acids is 2. The van der Waals surface area contributed by atoms with Crippen LogP contribution in [-0.4, -0.2) is 123 Å². The molecule has 3 aliphatic rings. The molecule has 0 aliphatic carbocycles. The first-order chi connectivity index (χ1) is 21.0. The summed E-state index contributed by atoms with van der Waals surface area (Å²) in [7, 11) is 1.99. The molecule has 1 amide bonds. The summed E-state index contributed by atoms with van der Waals surface area (Å²) in [4.78, 5) is 29.6. The number of ether oxygens (including phenoxy) is 3. The Morgan fingerprint density at radius 3 is 2.58 bits per heavy atom. The molecular weight excluding hydrogens is 580 g/mol. The lowest BCUT2D eigenvalue weighted by molar-refractivity contribution is -0.151. The molecule has 0 aromatic rings. The third-order valence-electron chi connectivity index (χ3n) is 9.36. The van der Waals surface area contributed by atoms with E-state index in [1.165, 1.54) is 0 Å². The second-order valence-corrected chi connectivity index (χ2v) is 13.8. The van der Waals surface area contributed by atoms with Crippen LogP contribution in [0.2, 0.25) is 0 Å². The molecule has 256 valence electrons. The minimum Gasteiger partial charge on any atom is -0.457 e. The molecule has 0 bridgehead atoms. The van der Waals surface area contributed by atoms with Crippen LogP contribution in [-0.2, 0) is 19.0 Å². The number of hydrogen-bond donors (Lipinski definition) is 4. The third kappa shape index (κ3) is 11.2. The van der Waals surface area contributed by atoms with E-state index in [0.29, 0.717) is 31.5 Å². The van der Waals surface area contributed by atoms with Gasteiger partial charge in [-0.05, 0) is 58.7 Å². The average Bonchev–Trinajstić information content (AvgIpc) is 3.73. The van der Waals surface area contributed by atoms with Gasteiger partial charge in [0.25, 0.3) is 0 Å². The van der Waals surface area contributed by atoms with Gasteiger partial charge in [0, 0.05) is 44.4 Å². The third-order valence-corrected chi connectivity index (χ3v) is 9.36. The van der Waals surface area contributed by atoms with E-state index in [0.717, 1.165) is 13.1 Å². The van der Waals surface area contributed by atoms with E-state index in [1.807, 2.05) is 34.7 Å². The normalized spacial score (nSPS) is 35.8. The summed E-state index contributed by atoms with van der Waals surface area (Å²) < 4.78 is 17.4. The fraction of sp³-hybridized carbons (Fsp3) is 0.765. The van der Waals surface area contributed by atoms with Crippen molar-refractivity contribution in [3.05, 3.63) is 36.0 Å². The molecule has 0 radical (unpaired) electrons. The first kappa shape index (κ1) is 37.2. The number of carbonyl (C=O) groups is 2. The zero-order valence-corrected chi connectivity index (χ0v) is 28.1. The highest BCUT2D eigenvalue weighted by Crippen LogP contribution is 2.37. The minimum absolute atomic E-state index is 0.00985. The van der Waals surface area contributed by atoms with Gasteiger partial charge < -0.3 is 44.4 Å². The minimum atomic E-state index is -1.48. The summed E-state index contributed by atoms with van der Waals surface area (Å²) >= 11 is 0. The number of aliphatic hydroxyl groups is 4. The molecule has 2 saturated heterocycles. The summed E-state index contributed by atoms with van der Waals surface area (Å²) in [5.41, 5.74) is -1.93. The van der Waals surface area contributed by atoms with Gasteiger partial charge in [0.15, 0.2) is 6.10 Å². The van der Waals surface area contributed by atoms with Crippen molar-refractivity contribution < 1.29 is 44.2 Å². The molecule has 11 heteroatoms. The number of esters is 1. The predicted octanol–water partition coefficient (Wildman–Crippen LogP) is 2.96. The zero-order chi connectivity index (χ0) is 33.5. The lowest BCUT2D eigenvalue weighted by Crippen LogP contribution is -2.50. The summed E-state index contributed by atoms with van der Waals surface area (Å²) in [5.74, 6) is -0.942. The Hall–Kier alpha value is -2.28. The molecule has 2 fully saturated rings. The largest absolute Gasteiger partial charge is 0.457 e. The Balaban J connectivity index is 1.74. The maximum atomic E-state index is 13.0. The fourth-order valence-electron chi connectivity index (χ4n) is 5.97. The second kappa shape index (κ2) is 16.0. The Bertz CT molecular complexity index is 1080. The highest BCUT2D eigenvalue weighted by molar-refractivity contribution is 5.70. The predicted molar refractivity (Wildman–Crippen MR) is 170 cm³/mol. The van der Waals surface area contributed by atoms with Crippen LogP contribution in [0, 0.1) is 11.8 Å². The van der Waals surface area contributed by atoms with Crippen LogP contribution in [0.25, 0.3) is 0 Å². The van der Waals surface area contributed by atoms with Crippen LogP contribution in [0.3, 0.4) is 0 Å². The van der Waals surface area contributed by atoms with E-state index < -0.39 is 47.7 Å². The molecule has 10 unspecified atom stereocenters. The molecule has 11 nitrogen and oxygen atoms in total. The quantitative estimate of drug-likeness (QED) is 0.129. The highest BCUT2D eigenvalue weighted by Gasteiger charge is 2.47. The summed E-state index contributed by atoms with van der Waals surface area (Å²) in [6.45, 7) is 13.3. The van der Waals surface area contributed by atoms with Gasteiger partial charge in [-0.1, -0.05) is 45.1 Å². The molecule has 0 saturated carbocycles. The Labute approximate surface area is 268 Å². The molecular formula is C34H56N2O9. The average molecular weight is 637 g/mol. The van der Waals surface area contributed by atoms with Crippen molar-refractivity contribution in [1.82, 2.24) is 9.80 Å². The Morgan fingerprint density at radius 2 is 1.93 bits per heavy atom. The smallest absolute Gasteiger partial charge is 0.410 e. The van der Waals surface area contributed by atoms with Crippen LogP contribution in [0.1, 0.15) is 73.6 Å². The molecule has 3 heterocycles. The molecule has 10 atom stereocenters. The van der Waals surface area contributed by atoms with Crippen LogP contribution in [0.15, 0.2) is 36.0 Å². The number of rotatable bonds is 9. The van der Waals surface area contributed by atoms with Gasteiger partial charge >= 0.3 is 12.1 Å². The first-order valence-electron chi connectivity index (χ1n) is 16.4. The first-order valence-corrected chi connectivity index (χ1v) is 16.4. The fourth-order valence-corrected chi connectivity index (χ4v) is 5.97. The van der Waals surface area contributed by atoms with E-state index in [2.05, 4.69) is 4.90 Å². The number of piperazine rings is 1. The standard InChI is InChI=1S/C34H56N2O9/c1-8-26(38)24(4)31-27(43-31)21-33(5,41)14-9-10-22(2)30-23(3)11-12-28(44-32(40)36-18-16-35(7)17-19-36)34(6,42)15-13-25(37)20-29(39)45-30/h9-12,14,23-28,30-31,37-38,41-42H,8,13,15-21H2,1-7H3/b12-11-,14-9+,22-10+. The SMILES string of the molecule is CCC(O)C(C)C1OC1CC(C)(O)/C=C/C=C(\C)C1OC(=O)CC(O)CCC(C)(O)C(OC(=O)N2CCN(C)CC2)/C=C\C1C. The number of allylic oxidation sites excluding steroid dienone is 2. The molecule has 0 aromatic heterocycles. The lowest BCUT2D eigenvalue weighted by Gasteiger charge is -2.36. The van der Waals surface area contributed by atoms with Gasteiger partial charge in [-0.3, -0.25) is 4.79 Å². The van der Waals surface area contributed by atoms with Gasteiger partial charge in [-0.25, -0.2) is 4.79 Å². The van der Waals surface area contributed by atoms with Crippen molar-refractivity contribution in [2.24, 2.45) is 11.8 Å². The number of nitrogens with zero attached hydrogens (tertiary/aromatic N) is 2. The Kier molecular flexibility index (Phi) is 13.2. The van der Waals surface area contributed by atoms with E-state index in [-0.39, 0.29) is 43.3 Å². The monoisotopic (exact) mass is 636 g/mol. The summed E-state index contributed by atoms with van der Waals surface area (Å²) in [5, 5.41) is 43.0.